The van der Waals surface area contributed by atoms with E-state index in [1.54, 1.807) is 12.3 Å². The van der Waals surface area contributed by atoms with E-state index >= 15 is 0 Å². The van der Waals surface area contributed by atoms with E-state index in [1.165, 1.54) is 6.33 Å². The third-order valence-electron chi connectivity index (χ3n) is 3.72. The Kier molecular flexibility index (Phi) is 2.48. The highest BCUT2D eigenvalue weighted by atomic mass is 15.2. The van der Waals surface area contributed by atoms with Gasteiger partial charge < -0.3 is 4.57 Å². The lowest BCUT2D eigenvalue weighted by molar-refractivity contribution is 0.764. The van der Waals surface area contributed by atoms with Gasteiger partial charge in [-0.25, -0.2) is 19.9 Å². The van der Waals surface area contributed by atoms with Crippen molar-refractivity contribution >= 4 is 11.2 Å². The number of rotatable bonds is 2. The number of aromatic nitrogens is 5. The van der Waals surface area contributed by atoms with E-state index in [1.807, 2.05) is 13.0 Å². The monoisotopic (exact) mass is 276 g/mol. The van der Waals surface area contributed by atoms with Gasteiger partial charge in [0.1, 0.15) is 29.4 Å². The lowest BCUT2D eigenvalue weighted by atomic mass is 10.2. The third-order valence-corrected chi connectivity index (χ3v) is 3.72. The Balaban J connectivity index is 2.03. The molecule has 0 saturated heterocycles. The van der Waals surface area contributed by atoms with Crippen molar-refractivity contribution in [2.75, 3.05) is 0 Å². The average Bonchev–Trinajstić information content (AvgIpc) is 3.27. The second-order valence-electron chi connectivity index (χ2n) is 5.21. The van der Waals surface area contributed by atoms with Crippen molar-refractivity contribution in [1.82, 2.24) is 24.5 Å². The van der Waals surface area contributed by atoms with Crippen LogP contribution in [0.3, 0.4) is 0 Å². The van der Waals surface area contributed by atoms with Crippen LogP contribution in [0.4, 0.5) is 0 Å². The molecule has 21 heavy (non-hydrogen) atoms. The van der Waals surface area contributed by atoms with Crippen LogP contribution in [0, 0.1) is 18.3 Å². The van der Waals surface area contributed by atoms with Gasteiger partial charge in [-0.15, -0.1) is 0 Å². The minimum atomic E-state index is 0.408. The van der Waals surface area contributed by atoms with E-state index in [9.17, 15) is 0 Å². The van der Waals surface area contributed by atoms with E-state index < -0.39 is 0 Å². The summed E-state index contributed by atoms with van der Waals surface area (Å²) in [5, 5.41) is 9.05. The Bertz CT molecular complexity index is 885. The molecule has 1 fully saturated rings. The van der Waals surface area contributed by atoms with Gasteiger partial charge in [-0.3, -0.25) is 0 Å². The van der Waals surface area contributed by atoms with E-state index in [2.05, 4.69) is 25.6 Å². The van der Waals surface area contributed by atoms with E-state index in [0.29, 0.717) is 11.7 Å². The van der Waals surface area contributed by atoms with Crippen molar-refractivity contribution in [3.8, 4) is 17.5 Å². The summed E-state index contributed by atoms with van der Waals surface area (Å²) < 4.78 is 2.13. The summed E-state index contributed by atoms with van der Waals surface area (Å²) in [5.74, 6) is 0.841. The van der Waals surface area contributed by atoms with Crippen molar-refractivity contribution < 1.29 is 0 Å². The summed E-state index contributed by atoms with van der Waals surface area (Å²) >= 11 is 0. The molecule has 0 aromatic carbocycles. The van der Waals surface area contributed by atoms with E-state index in [0.717, 1.165) is 41.1 Å². The first-order chi connectivity index (χ1) is 10.3. The van der Waals surface area contributed by atoms with Crippen molar-refractivity contribution in [2.45, 2.75) is 25.8 Å². The third kappa shape index (κ3) is 1.86. The molecule has 1 aliphatic carbocycles. The van der Waals surface area contributed by atoms with Crippen molar-refractivity contribution in [1.29, 1.82) is 5.26 Å². The molecule has 1 aliphatic rings. The number of hydrogen-bond donors (Lipinski definition) is 0. The first-order valence-electron chi connectivity index (χ1n) is 6.84. The van der Waals surface area contributed by atoms with Gasteiger partial charge in [0.15, 0.2) is 5.65 Å². The summed E-state index contributed by atoms with van der Waals surface area (Å²) in [6.45, 7) is 1.95. The molecule has 0 bridgehead atoms. The van der Waals surface area contributed by atoms with Crippen LogP contribution in [0.2, 0.25) is 0 Å². The molecule has 6 heteroatoms. The largest absolute Gasteiger partial charge is 0.305 e. The van der Waals surface area contributed by atoms with Gasteiger partial charge >= 0.3 is 0 Å². The molecule has 0 atom stereocenters. The van der Waals surface area contributed by atoms with E-state index in [-0.39, 0.29) is 0 Å². The molecular weight excluding hydrogens is 264 g/mol. The zero-order valence-electron chi connectivity index (χ0n) is 11.5. The Labute approximate surface area is 121 Å². The topological polar surface area (TPSA) is 80.3 Å². The fourth-order valence-corrected chi connectivity index (χ4v) is 2.52. The molecule has 0 spiro atoms. The first-order valence-corrected chi connectivity index (χ1v) is 6.84. The van der Waals surface area contributed by atoms with Crippen LogP contribution in [0.25, 0.3) is 22.6 Å². The second-order valence-corrected chi connectivity index (χ2v) is 5.21. The van der Waals surface area contributed by atoms with Gasteiger partial charge in [0.2, 0.25) is 0 Å². The van der Waals surface area contributed by atoms with Gasteiger partial charge in [0.25, 0.3) is 0 Å². The number of hydrogen-bond acceptors (Lipinski definition) is 5. The lowest BCUT2D eigenvalue weighted by Crippen LogP contribution is -2.01. The second kappa shape index (κ2) is 4.35. The maximum atomic E-state index is 9.05. The minimum absolute atomic E-state index is 0.408. The summed E-state index contributed by atoms with van der Waals surface area (Å²) in [5.41, 5.74) is 3.80. The predicted octanol–water partition coefficient (Wildman–Crippen LogP) is 2.40. The fraction of sp³-hybridized carbons (Fsp3) is 0.267. The van der Waals surface area contributed by atoms with Crippen LogP contribution in [0.5, 0.6) is 0 Å². The van der Waals surface area contributed by atoms with Crippen LogP contribution < -0.4 is 0 Å². The molecular formula is C15H12N6. The molecule has 3 heterocycles. The number of nitriles is 1. The van der Waals surface area contributed by atoms with Gasteiger partial charge in [-0.1, -0.05) is 0 Å². The summed E-state index contributed by atoms with van der Waals surface area (Å²) in [7, 11) is 0. The molecule has 0 radical (unpaired) electrons. The standard InChI is InChI=1S/C15H12N6/c1-9-12(7-17-8-18-9)14-20-13-5-2-10(6-16)19-15(13)21(14)11-3-4-11/h2,5,7-8,11H,3-4H2,1H3. The molecule has 3 aromatic heterocycles. The fourth-order valence-electron chi connectivity index (χ4n) is 2.52. The smallest absolute Gasteiger partial charge is 0.162 e. The number of nitrogens with zero attached hydrogens (tertiary/aromatic N) is 6. The molecule has 1 saturated carbocycles. The van der Waals surface area contributed by atoms with Crippen LogP contribution >= 0.6 is 0 Å². The highest BCUT2D eigenvalue weighted by molar-refractivity contribution is 5.78. The van der Waals surface area contributed by atoms with Gasteiger partial charge in [-0.2, -0.15) is 5.26 Å². The van der Waals surface area contributed by atoms with Gasteiger partial charge in [0, 0.05) is 12.2 Å². The first kappa shape index (κ1) is 12.0. The molecule has 0 amide bonds. The quantitative estimate of drug-likeness (QED) is 0.718. The highest BCUT2D eigenvalue weighted by Gasteiger charge is 2.30. The lowest BCUT2D eigenvalue weighted by Gasteiger charge is -2.08. The van der Waals surface area contributed by atoms with Gasteiger partial charge in [-0.05, 0) is 31.9 Å². The maximum absolute atomic E-state index is 9.05. The molecule has 4 rings (SSSR count). The number of imidazole rings is 1. The Morgan fingerprint density at radius 1 is 1.29 bits per heavy atom. The predicted molar refractivity (Wildman–Crippen MR) is 76.3 cm³/mol. The minimum Gasteiger partial charge on any atom is -0.305 e. The Hall–Kier alpha value is -2.81. The highest BCUT2D eigenvalue weighted by Crippen LogP contribution is 2.41. The zero-order chi connectivity index (χ0) is 14.4. The SMILES string of the molecule is Cc1ncncc1-c1nc2ccc(C#N)nc2n1C1CC1. The molecule has 6 nitrogen and oxygen atoms in total. The van der Waals surface area contributed by atoms with Crippen LogP contribution in [-0.2, 0) is 0 Å². The van der Waals surface area contributed by atoms with Crippen LogP contribution in [0.15, 0.2) is 24.7 Å². The Morgan fingerprint density at radius 3 is 2.86 bits per heavy atom. The molecule has 102 valence electrons. The summed E-state index contributed by atoms with van der Waals surface area (Å²) in [4.78, 5) is 17.5. The Morgan fingerprint density at radius 2 is 2.14 bits per heavy atom. The summed E-state index contributed by atoms with van der Waals surface area (Å²) in [6.07, 6.45) is 5.55. The molecule has 0 aliphatic heterocycles. The normalized spacial score (nSPS) is 14.3. The number of fused-ring (bicyclic) bond motifs is 1. The maximum Gasteiger partial charge on any atom is 0.162 e. The number of aryl methyl sites for hydroxylation is 1. The van der Waals surface area contributed by atoms with Gasteiger partial charge in [0.05, 0.1) is 11.3 Å². The van der Waals surface area contributed by atoms with Crippen molar-refractivity contribution in [3.05, 3.63) is 36.0 Å². The van der Waals surface area contributed by atoms with Crippen molar-refractivity contribution in [2.24, 2.45) is 0 Å². The average molecular weight is 276 g/mol. The summed E-state index contributed by atoms with van der Waals surface area (Å²) in [6, 6.07) is 6.05. The zero-order valence-corrected chi connectivity index (χ0v) is 11.5. The van der Waals surface area contributed by atoms with Crippen LogP contribution in [-0.4, -0.2) is 24.5 Å². The molecule has 3 aromatic rings. The number of pyridine rings is 1. The van der Waals surface area contributed by atoms with E-state index in [4.69, 9.17) is 10.2 Å². The molecule has 0 N–H and O–H groups in total. The van der Waals surface area contributed by atoms with Crippen molar-refractivity contribution in [3.63, 3.8) is 0 Å². The molecule has 0 unspecified atom stereocenters. The van der Waals surface area contributed by atoms with Crippen LogP contribution in [0.1, 0.15) is 30.3 Å².